The van der Waals surface area contributed by atoms with E-state index in [2.05, 4.69) is 5.32 Å². The zero-order valence-electron chi connectivity index (χ0n) is 18.9. The largest absolute Gasteiger partial charge is 0.466 e. The van der Waals surface area contributed by atoms with Crippen LogP contribution < -0.4 is 5.32 Å². The molecule has 0 bridgehead atoms. The Morgan fingerprint density at radius 2 is 1.85 bits per heavy atom. The van der Waals surface area contributed by atoms with Crippen molar-refractivity contribution in [2.75, 3.05) is 13.7 Å². The molecule has 0 spiro atoms. The third-order valence-corrected chi connectivity index (χ3v) is 5.16. The van der Waals surface area contributed by atoms with E-state index in [-0.39, 0.29) is 23.4 Å². The topological polar surface area (TPSA) is 121 Å². The molecule has 1 atom stereocenters. The Labute approximate surface area is 196 Å². The zero-order valence-corrected chi connectivity index (χ0v) is 18.9. The Morgan fingerprint density at radius 1 is 1.12 bits per heavy atom. The molecule has 34 heavy (non-hydrogen) atoms. The summed E-state index contributed by atoms with van der Waals surface area (Å²) in [4.78, 5) is 36.5. The number of carbonyl (C=O) groups excluding carboxylic acids is 2. The number of dihydropyridines is 1. The maximum atomic E-state index is 13.1. The van der Waals surface area contributed by atoms with E-state index in [0.717, 1.165) is 0 Å². The standard InChI is InChI=1S/C25H24N2O7/c1-16-21(24(28)32-3)23(18-9-7-10-19(15-18)27(30)31)22(17(2)26-16)25(29)34-13-6-4-5-11-20-12-8-14-33-20/h4-12,14-15,23,26H,13H2,1-3H3/b6-4+,11-5+. The van der Waals surface area contributed by atoms with E-state index in [4.69, 9.17) is 13.9 Å². The van der Waals surface area contributed by atoms with E-state index < -0.39 is 22.8 Å². The van der Waals surface area contributed by atoms with Crippen molar-refractivity contribution in [3.8, 4) is 0 Å². The summed E-state index contributed by atoms with van der Waals surface area (Å²) >= 11 is 0. The van der Waals surface area contributed by atoms with Crippen LogP contribution >= 0.6 is 0 Å². The highest BCUT2D eigenvalue weighted by atomic mass is 16.6. The van der Waals surface area contributed by atoms with E-state index in [0.29, 0.717) is 22.7 Å². The van der Waals surface area contributed by atoms with E-state index >= 15 is 0 Å². The summed E-state index contributed by atoms with van der Waals surface area (Å²) in [6.45, 7) is 3.34. The van der Waals surface area contributed by atoms with Gasteiger partial charge in [0, 0.05) is 23.5 Å². The van der Waals surface area contributed by atoms with Gasteiger partial charge in [0.05, 0.1) is 35.4 Å². The van der Waals surface area contributed by atoms with Crippen molar-refractivity contribution in [2.24, 2.45) is 0 Å². The first-order valence-electron chi connectivity index (χ1n) is 10.4. The van der Waals surface area contributed by atoms with Gasteiger partial charge in [-0.1, -0.05) is 24.3 Å². The van der Waals surface area contributed by atoms with E-state index in [1.807, 2.05) is 0 Å². The summed E-state index contributed by atoms with van der Waals surface area (Å²) in [6.07, 6.45) is 8.42. The fourth-order valence-corrected chi connectivity index (χ4v) is 3.67. The van der Waals surface area contributed by atoms with Gasteiger partial charge in [-0.2, -0.15) is 0 Å². The van der Waals surface area contributed by atoms with Gasteiger partial charge in [-0.3, -0.25) is 10.1 Å². The predicted octanol–water partition coefficient (Wildman–Crippen LogP) is 4.41. The summed E-state index contributed by atoms with van der Waals surface area (Å²) in [5.74, 6) is -1.52. The molecule has 0 fully saturated rings. The Morgan fingerprint density at radius 3 is 2.50 bits per heavy atom. The van der Waals surface area contributed by atoms with Crippen LogP contribution in [-0.2, 0) is 19.1 Å². The molecule has 0 aliphatic carbocycles. The first-order valence-corrected chi connectivity index (χ1v) is 10.4. The van der Waals surface area contributed by atoms with E-state index in [1.54, 1.807) is 62.6 Å². The molecule has 3 rings (SSSR count). The van der Waals surface area contributed by atoms with Gasteiger partial charge in [-0.05, 0) is 43.7 Å². The minimum atomic E-state index is -0.899. The number of rotatable bonds is 8. The Bertz CT molecular complexity index is 1200. The van der Waals surface area contributed by atoms with Gasteiger partial charge in [0.15, 0.2) is 0 Å². The number of hydrogen-bond donors (Lipinski definition) is 1. The Hall–Kier alpha value is -4.40. The average Bonchev–Trinajstić information content (AvgIpc) is 3.33. The first kappa shape index (κ1) is 24.2. The number of esters is 2. The summed E-state index contributed by atoms with van der Waals surface area (Å²) in [5.41, 5.74) is 1.56. The monoisotopic (exact) mass is 464 g/mol. The molecule has 1 N–H and O–H groups in total. The van der Waals surface area contributed by atoms with Gasteiger partial charge in [0.2, 0.25) is 0 Å². The second kappa shape index (κ2) is 11.0. The highest BCUT2D eigenvalue weighted by Gasteiger charge is 2.38. The third kappa shape index (κ3) is 5.50. The second-order valence-corrected chi connectivity index (χ2v) is 7.38. The number of non-ortho nitro benzene ring substituents is 1. The SMILES string of the molecule is COC(=O)C1=C(C)NC(C)=C(C(=O)OC/C=C/C=C/c2ccco2)C1c1cccc([N+](=O)[O-])c1. The highest BCUT2D eigenvalue weighted by Crippen LogP contribution is 2.40. The summed E-state index contributed by atoms with van der Waals surface area (Å²) in [7, 11) is 1.23. The van der Waals surface area contributed by atoms with Crippen LogP contribution in [0.4, 0.5) is 5.69 Å². The third-order valence-electron chi connectivity index (χ3n) is 5.16. The maximum Gasteiger partial charge on any atom is 0.337 e. The van der Waals surface area contributed by atoms with Crippen LogP contribution in [0.25, 0.3) is 6.08 Å². The van der Waals surface area contributed by atoms with E-state index in [1.165, 1.54) is 25.3 Å². The Balaban J connectivity index is 1.87. The molecule has 1 aromatic carbocycles. The molecule has 9 nitrogen and oxygen atoms in total. The molecular formula is C25H24N2O7. The van der Waals surface area contributed by atoms with Crippen LogP contribution in [-0.4, -0.2) is 30.6 Å². The molecular weight excluding hydrogens is 440 g/mol. The molecule has 2 heterocycles. The number of nitrogens with one attached hydrogen (secondary N) is 1. The Kier molecular flexibility index (Phi) is 7.81. The minimum Gasteiger partial charge on any atom is -0.466 e. The van der Waals surface area contributed by atoms with Crippen LogP contribution in [0.3, 0.4) is 0 Å². The number of carbonyl (C=O) groups is 2. The van der Waals surface area contributed by atoms with Gasteiger partial charge in [0.25, 0.3) is 5.69 Å². The molecule has 176 valence electrons. The lowest BCUT2D eigenvalue weighted by atomic mass is 9.80. The van der Waals surface area contributed by atoms with E-state index in [9.17, 15) is 19.7 Å². The smallest absolute Gasteiger partial charge is 0.337 e. The van der Waals surface area contributed by atoms with Crippen LogP contribution in [0.1, 0.15) is 31.1 Å². The van der Waals surface area contributed by atoms with Crippen molar-refractivity contribution in [1.29, 1.82) is 0 Å². The van der Waals surface area contributed by atoms with Crippen molar-refractivity contribution in [2.45, 2.75) is 19.8 Å². The van der Waals surface area contributed by atoms with Crippen molar-refractivity contribution in [1.82, 2.24) is 5.32 Å². The lowest BCUT2D eigenvalue weighted by Gasteiger charge is -2.30. The zero-order chi connectivity index (χ0) is 24.7. The number of hydrogen-bond acceptors (Lipinski definition) is 8. The molecule has 1 unspecified atom stereocenters. The number of methoxy groups -OCH3 is 1. The van der Waals surface area contributed by atoms with Crippen molar-refractivity contribution >= 4 is 23.7 Å². The predicted molar refractivity (Wildman–Crippen MR) is 124 cm³/mol. The molecule has 0 amide bonds. The van der Waals surface area contributed by atoms with Crippen molar-refractivity contribution < 1.29 is 28.4 Å². The number of furan rings is 1. The number of allylic oxidation sites excluding steroid dienone is 4. The van der Waals surface area contributed by atoms with Gasteiger partial charge in [-0.25, -0.2) is 9.59 Å². The van der Waals surface area contributed by atoms with Gasteiger partial charge in [-0.15, -0.1) is 0 Å². The molecule has 9 heteroatoms. The highest BCUT2D eigenvalue weighted by molar-refractivity contribution is 5.99. The number of nitrogens with zero attached hydrogens (tertiary/aromatic N) is 1. The average molecular weight is 464 g/mol. The summed E-state index contributed by atoms with van der Waals surface area (Å²) in [6, 6.07) is 9.39. The van der Waals surface area contributed by atoms with Gasteiger partial charge >= 0.3 is 11.9 Å². The fourth-order valence-electron chi connectivity index (χ4n) is 3.67. The molecule has 2 aromatic rings. The fraction of sp³-hybridized carbons (Fsp3) is 0.200. The second-order valence-electron chi connectivity index (χ2n) is 7.38. The minimum absolute atomic E-state index is 0.0178. The van der Waals surface area contributed by atoms with Crippen LogP contribution in [0.15, 0.2) is 87.8 Å². The number of nitro groups is 1. The lowest BCUT2D eigenvalue weighted by Crippen LogP contribution is -2.32. The maximum absolute atomic E-state index is 13.1. The number of ether oxygens (including phenoxy) is 2. The van der Waals surface area contributed by atoms with Gasteiger partial charge in [0.1, 0.15) is 12.4 Å². The molecule has 0 saturated carbocycles. The van der Waals surface area contributed by atoms with Crippen LogP contribution in [0.2, 0.25) is 0 Å². The first-order chi connectivity index (χ1) is 16.3. The molecule has 0 radical (unpaired) electrons. The molecule has 1 aromatic heterocycles. The number of benzene rings is 1. The number of nitro benzene ring substituents is 1. The van der Waals surface area contributed by atoms with Crippen LogP contribution in [0, 0.1) is 10.1 Å². The quantitative estimate of drug-likeness (QED) is 0.264. The summed E-state index contributed by atoms with van der Waals surface area (Å²) in [5, 5.41) is 14.3. The van der Waals surface area contributed by atoms with Gasteiger partial charge < -0.3 is 19.2 Å². The molecule has 0 saturated heterocycles. The normalized spacial score (nSPS) is 16.1. The van der Waals surface area contributed by atoms with Crippen molar-refractivity contribution in [3.05, 3.63) is 105 Å². The summed E-state index contributed by atoms with van der Waals surface area (Å²) < 4.78 is 15.6. The van der Waals surface area contributed by atoms with Crippen molar-refractivity contribution in [3.63, 3.8) is 0 Å². The van der Waals surface area contributed by atoms with Crippen LogP contribution in [0.5, 0.6) is 0 Å². The molecule has 1 aliphatic heterocycles. The molecule has 1 aliphatic rings. The lowest BCUT2D eigenvalue weighted by molar-refractivity contribution is -0.384.